The van der Waals surface area contributed by atoms with Gasteiger partial charge in [0.2, 0.25) is 0 Å². The summed E-state index contributed by atoms with van der Waals surface area (Å²) in [5.41, 5.74) is 0. The Kier molecular flexibility index (Phi) is 114. The average Bonchev–Trinajstić information content (AvgIpc) is 1.00. The van der Waals surface area contributed by atoms with Crippen molar-refractivity contribution in [3.63, 3.8) is 0 Å². The van der Waals surface area contributed by atoms with Gasteiger partial charge in [0.05, 0.1) is 0 Å². The quantitative estimate of drug-likeness (QED) is 0.444. The number of hydrogen-bond acceptors (Lipinski definition) is 1. The fourth-order valence-electron chi connectivity index (χ4n) is 0. The van der Waals surface area contributed by atoms with Crippen LogP contribution in [0.3, 0.4) is 0 Å². The van der Waals surface area contributed by atoms with E-state index in [4.69, 9.17) is 3.08 Å². The van der Waals surface area contributed by atoms with Gasteiger partial charge < -0.3 is 0 Å². The monoisotopic (exact) mass is 232 g/mol. The molecular formula is H4OSiSnZn. The topological polar surface area (TPSA) is 17.1 Å². The van der Waals surface area contributed by atoms with E-state index >= 15 is 0 Å². The molecule has 0 aromatic rings. The Morgan fingerprint density at radius 1 is 1.25 bits per heavy atom. The number of hydrogen-bond donors (Lipinski definition) is 0. The van der Waals surface area contributed by atoms with Crippen molar-refractivity contribution < 1.29 is 22.6 Å². The van der Waals surface area contributed by atoms with Crippen LogP contribution in [0.15, 0.2) is 0 Å². The SMILES string of the molecule is [O]=[Sn].[SiH4].[Zn]. The second-order valence-electron chi connectivity index (χ2n) is 0. The van der Waals surface area contributed by atoms with Crippen molar-refractivity contribution >= 4 is 33.5 Å². The van der Waals surface area contributed by atoms with Crippen LogP contribution in [0, 0.1) is 0 Å². The van der Waals surface area contributed by atoms with Crippen molar-refractivity contribution in [2.45, 2.75) is 0 Å². The fraction of sp³-hybridized carbons (Fsp3) is 0. The van der Waals surface area contributed by atoms with Gasteiger partial charge in [-0.25, -0.2) is 0 Å². The summed E-state index contributed by atoms with van der Waals surface area (Å²) in [7, 11) is 0. The molecule has 0 heterocycles. The molecule has 0 saturated carbocycles. The van der Waals surface area contributed by atoms with Gasteiger partial charge in [0.25, 0.3) is 0 Å². The maximum atomic E-state index is 8.34. The zero-order valence-electron chi connectivity index (χ0n) is 1.62. The molecule has 0 saturated heterocycles. The van der Waals surface area contributed by atoms with Crippen LogP contribution in [0.25, 0.3) is 0 Å². The third kappa shape index (κ3) is 9.88. The molecule has 2 radical (unpaired) electrons. The summed E-state index contributed by atoms with van der Waals surface area (Å²) in [6.45, 7) is 0. The molecule has 0 unspecified atom stereocenters. The molecule has 0 aliphatic carbocycles. The van der Waals surface area contributed by atoms with Gasteiger partial charge in [-0.1, -0.05) is 0 Å². The first-order valence-corrected chi connectivity index (χ1v) is 1.37. The molecule has 4 heavy (non-hydrogen) atoms. The summed E-state index contributed by atoms with van der Waals surface area (Å²) in [6.07, 6.45) is 0. The smallest absolute Gasteiger partial charge is 0 e. The Bertz CT molecular complexity index is 8.00. The summed E-state index contributed by atoms with van der Waals surface area (Å²) >= 11 is 0.300. The van der Waals surface area contributed by atoms with Crippen LogP contribution in [0.2, 0.25) is 0 Å². The molecule has 0 atom stereocenters. The van der Waals surface area contributed by atoms with Gasteiger partial charge in [-0.05, 0) is 11.0 Å². The van der Waals surface area contributed by atoms with Crippen LogP contribution in [-0.4, -0.2) is 33.5 Å². The Hall–Kier alpha value is 1.44. The van der Waals surface area contributed by atoms with Crippen LogP contribution < -0.4 is 0 Å². The summed E-state index contributed by atoms with van der Waals surface area (Å²) in [5, 5.41) is 0. The summed E-state index contributed by atoms with van der Waals surface area (Å²) in [4.78, 5) is 0. The van der Waals surface area contributed by atoms with Gasteiger partial charge in [-0.3, -0.25) is 0 Å². The minimum atomic E-state index is 0. The maximum Gasteiger partial charge on any atom is 0 e. The maximum absolute atomic E-state index is 8.34. The van der Waals surface area contributed by atoms with Crippen LogP contribution in [0.5, 0.6) is 0 Å². The molecule has 0 aliphatic heterocycles. The third-order valence-corrected chi connectivity index (χ3v) is 0. The average molecular weight is 232 g/mol. The van der Waals surface area contributed by atoms with E-state index in [-0.39, 0.29) is 30.4 Å². The van der Waals surface area contributed by atoms with Crippen LogP contribution in [0.4, 0.5) is 0 Å². The van der Waals surface area contributed by atoms with Crippen molar-refractivity contribution in [1.82, 2.24) is 0 Å². The van der Waals surface area contributed by atoms with Crippen LogP contribution >= 0.6 is 0 Å². The van der Waals surface area contributed by atoms with Gasteiger partial charge in [0, 0.05) is 19.5 Å². The molecule has 0 aliphatic rings. The molecule has 0 aromatic heterocycles. The van der Waals surface area contributed by atoms with Crippen molar-refractivity contribution in [3.05, 3.63) is 0 Å². The van der Waals surface area contributed by atoms with Gasteiger partial charge in [0.1, 0.15) is 0 Å². The molecular weight excluding hydrogens is 228 g/mol. The van der Waals surface area contributed by atoms with Crippen molar-refractivity contribution in [3.8, 4) is 0 Å². The predicted molar refractivity (Wildman–Crippen MR) is 17.8 cm³/mol. The van der Waals surface area contributed by atoms with E-state index in [1.165, 1.54) is 0 Å². The van der Waals surface area contributed by atoms with Crippen LogP contribution in [0.1, 0.15) is 0 Å². The molecule has 0 amide bonds. The molecule has 0 bridgehead atoms. The van der Waals surface area contributed by atoms with Gasteiger partial charge >= 0.3 is 25.6 Å². The first-order chi connectivity index (χ1) is 1.00. The van der Waals surface area contributed by atoms with E-state index < -0.39 is 0 Å². The predicted octanol–water partition coefficient (Wildman–Crippen LogP) is -1.95. The standard InChI is InChI=1S/O.H4Si.Sn.Zn/h;1H4;;. The van der Waals surface area contributed by atoms with Crippen molar-refractivity contribution in [2.75, 3.05) is 0 Å². The Morgan fingerprint density at radius 2 is 1.25 bits per heavy atom. The van der Waals surface area contributed by atoms with E-state index in [9.17, 15) is 0 Å². The van der Waals surface area contributed by atoms with E-state index in [0.717, 1.165) is 0 Å². The first-order valence-electron chi connectivity index (χ1n) is 0.204. The molecule has 20 valence electrons. The first kappa shape index (κ1) is 18.0. The Labute approximate surface area is 55.8 Å². The van der Waals surface area contributed by atoms with E-state index in [0.29, 0.717) is 22.5 Å². The molecule has 0 aromatic carbocycles. The molecule has 0 rings (SSSR count). The van der Waals surface area contributed by atoms with Gasteiger partial charge in [-0.15, -0.1) is 0 Å². The summed E-state index contributed by atoms with van der Waals surface area (Å²) in [6, 6.07) is 0. The second-order valence-corrected chi connectivity index (χ2v) is 0. The van der Waals surface area contributed by atoms with E-state index in [2.05, 4.69) is 0 Å². The third-order valence-electron chi connectivity index (χ3n) is 0. The Morgan fingerprint density at radius 3 is 1.25 bits per heavy atom. The van der Waals surface area contributed by atoms with Gasteiger partial charge in [0.15, 0.2) is 0 Å². The zero-order chi connectivity index (χ0) is 2.00. The van der Waals surface area contributed by atoms with Gasteiger partial charge in [-0.2, -0.15) is 0 Å². The van der Waals surface area contributed by atoms with Crippen molar-refractivity contribution in [1.29, 1.82) is 0 Å². The molecule has 0 N–H and O–H groups in total. The molecule has 1 nitrogen and oxygen atoms in total. The molecule has 4 heteroatoms. The second kappa shape index (κ2) is 25.4. The zero-order valence-corrected chi connectivity index (χ0v) is 7.44. The summed E-state index contributed by atoms with van der Waals surface area (Å²) in [5.74, 6) is 0. The van der Waals surface area contributed by atoms with Crippen LogP contribution in [-0.2, 0) is 22.6 Å². The van der Waals surface area contributed by atoms with Crippen molar-refractivity contribution in [2.24, 2.45) is 0 Å². The number of rotatable bonds is 0. The Balaban J connectivity index is -0.00000000500. The largest absolute Gasteiger partial charge is 0.0149 e. The molecule has 0 fully saturated rings. The minimum Gasteiger partial charge on any atom is -0.0149 e. The summed E-state index contributed by atoms with van der Waals surface area (Å²) < 4.78 is 8.34. The minimum absolute atomic E-state index is 0. The fourth-order valence-corrected chi connectivity index (χ4v) is 0. The molecule has 0 spiro atoms. The van der Waals surface area contributed by atoms with E-state index in [1.54, 1.807) is 0 Å². The van der Waals surface area contributed by atoms with E-state index in [1.807, 2.05) is 0 Å². The normalized spacial score (nSPS) is 1.00.